The molecule has 0 saturated carbocycles. The van der Waals surface area contributed by atoms with Gasteiger partial charge in [-0.05, 0) is 42.8 Å². The summed E-state index contributed by atoms with van der Waals surface area (Å²) in [6.45, 7) is 1.68. The van der Waals surface area contributed by atoms with Gasteiger partial charge in [0.05, 0.1) is 10.6 Å². The Morgan fingerprint density at radius 3 is 2.57 bits per heavy atom. The first kappa shape index (κ1) is 16.8. The van der Waals surface area contributed by atoms with E-state index in [1.165, 1.54) is 18.2 Å². The van der Waals surface area contributed by atoms with Crippen molar-refractivity contribution in [2.45, 2.75) is 11.8 Å². The maximum atomic E-state index is 12.2. The number of carboxylic acid groups (broad SMARTS) is 1. The number of aryl methyl sites for hydroxylation is 1. The Balaban J connectivity index is 2.05. The van der Waals surface area contributed by atoms with Crippen LogP contribution in [0.2, 0.25) is 0 Å². The lowest BCUT2D eigenvalue weighted by atomic mass is 10.2. The van der Waals surface area contributed by atoms with Crippen LogP contribution in [-0.2, 0) is 9.84 Å². The normalized spacial score (nSPS) is 11.2. The molecule has 0 heterocycles. The van der Waals surface area contributed by atoms with Crippen LogP contribution < -0.4 is 4.74 Å². The van der Waals surface area contributed by atoms with Crippen molar-refractivity contribution in [1.29, 1.82) is 0 Å². The van der Waals surface area contributed by atoms with E-state index >= 15 is 0 Å². The van der Waals surface area contributed by atoms with Gasteiger partial charge in [0.1, 0.15) is 23.7 Å². The first-order valence-electron chi connectivity index (χ1n) is 6.78. The molecule has 0 atom stereocenters. The number of hydrogen-bond donors (Lipinski definition) is 2. The summed E-state index contributed by atoms with van der Waals surface area (Å²) in [7, 11) is -3.48. The molecule has 0 aliphatic rings. The van der Waals surface area contributed by atoms with Crippen molar-refractivity contribution in [1.82, 2.24) is 0 Å². The van der Waals surface area contributed by atoms with Crippen LogP contribution in [0.25, 0.3) is 0 Å². The number of carbonyl (C=O) groups is 1. The largest absolute Gasteiger partial charge is 0.507 e. The fraction of sp³-hybridized carbons (Fsp3) is 0.188. The van der Waals surface area contributed by atoms with E-state index in [4.69, 9.17) is 9.84 Å². The van der Waals surface area contributed by atoms with E-state index in [0.29, 0.717) is 0 Å². The number of aromatic hydroxyl groups is 1. The molecule has 23 heavy (non-hydrogen) atoms. The standard InChI is InChI=1S/C16H16O6S/c1-11-3-2-4-13(9-11)23(20,21)8-7-22-12-5-6-15(17)14(10-12)16(18)19/h2-6,9-10,17H,7-8H2,1H3,(H,18,19). The van der Waals surface area contributed by atoms with Crippen molar-refractivity contribution >= 4 is 15.8 Å². The van der Waals surface area contributed by atoms with Gasteiger partial charge in [0.2, 0.25) is 0 Å². The van der Waals surface area contributed by atoms with Crippen LogP contribution in [0.4, 0.5) is 0 Å². The Morgan fingerprint density at radius 1 is 1.17 bits per heavy atom. The summed E-state index contributed by atoms with van der Waals surface area (Å²) < 4.78 is 29.7. The molecule has 0 aliphatic carbocycles. The molecule has 7 heteroatoms. The first-order chi connectivity index (χ1) is 10.8. The van der Waals surface area contributed by atoms with E-state index in [0.717, 1.165) is 11.6 Å². The van der Waals surface area contributed by atoms with Gasteiger partial charge in [0.15, 0.2) is 9.84 Å². The van der Waals surface area contributed by atoms with E-state index in [9.17, 15) is 18.3 Å². The van der Waals surface area contributed by atoms with Gasteiger partial charge in [0, 0.05) is 0 Å². The monoisotopic (exact) mass is 336 g/mol. The molecule has 6 nitrogen and oxygen atoms in total. The molecule has 0 amide bonds. The second kappa shape index (κ2) is 6.70. The maximum Gasteiger partial charge on any atom is 0.339 e. The van der Waals surface area contributed by atoms with E-state index in [1.807, 2.05) is 0 Å². The fourth-order valence-corrected chi connectivity index (χ4v) is 3.16. The summed E-state index contributed by atoms with van der Waals surface area (Å²) in [5.74, 6) is -1.73. The Morgan fingerprint density at radius 2 is 1.91 bits per heavy atom. The highest BCUT2D eigenvalue weighted by molar-refractivity contribution is 7.91. The van der Waals surface area contributed by atoms with Gasteiger partial charge in [-0.15, -0.1) is 0 Å². The van der Waals surface area contributed by atoms with Gasteiger partial charge >= 0.3 is 5.97 Å². The van der Waals surface area contributed by atoms with Crippen molar-refractivity contribution in [3.63, 3.8) is 0 Å². The number of carboxylic acids is 1. The zero-order valence-corrected chi connectivity index (χ0v) is 13.2. The second-order valence-electron chi connectivity index (χ2n) is 4.97. The number of rotatable bonds is 6. The summed E-state index contributed by atoms with van der Waals surface area (Å²) in [6.07, 6.45) is 0. The fourth-order valence-electron chi connectivity index (χ4n) is 1.97. The lowest BCUT2D eigenvalue weighted by Gasteiger charge is -2.09. The molecule has 0 unspecified atom stereocenters. The lowest BCUT2D eigenvalue weighted by molar-refractivity contribution is 0.0693. The summed E-state index contributed by atoms with van der Waals surface area (Å²) in [5, 5.41) is 18.3. The van der Waals surface area contributed by atoms with Gasteiger partial charge in [-0.3, -0.25) is 0 Å². The minimum absolute atomic E-state index is 0.125. The number of sulfone groups is 1. The Hall–Kier alpha value is -2.54. The van der Waals surface area contributed by atoms with Crippen LogP contribution in [0.15, 0.2) is 47.4 Å². The lowest BCUT2D eigenvalue weighted by Crippen LogP contribution is -2.14. The SMILES string of the molecule is Cc1cccc(S(=O)(=O)CCOc2ccc(O)c(C(=O)O)c2)c1. The number of phenols is 1. The van der Waals surface area contributed by atoms with E-state index in [1.54, 1.807) is 25.1 Å². The van der Waals surface area contributed by atoms with Gasteiger partial charge in [0.25, 0.3) is 0 Å². The smallest absolute Gasteiger partial charge is 0.339 e. The van der Waals surface area contributed by atoms with Crippen LogP contribution >= 0.6 is 0 Å². The predicted octanol–water partition coefficient (Wildman–Crippen LogP) is 2.25. The van der Waals surface area contributed by atoms with Crippen molar-refractivity contribution < 1.29 is 28.2 Å². The van der Waals surface area contributed by atoms with Gasteiger partial charge in [-0.1, -0.05) is 12.1 Å². The summed E-state index contributed by atoms with van der Waals surface area (Å²) >= 11 is 0. The molecule has 0 aromatic heterocycles. The third-order valence-corrected chi connectivity index (χ3v) is 4.84. The highest BCUT2D eigenvalue weighted by atomic mass is 32.2. The average molecular weight is 336 g/mol. The molecule has 0 saturated heterocycles. The molecule has 0 radical (unpaired) electrons. The molecule has 122 valence electrons. The van der Waals surface area contributed by atoms with Crippen LogP contribution in [0.1, 0.15) is 15.9 Å². The summed E-state index contributed by atoms with van der Waals surface area (Å²) in [5.41, 5.74) is 0.542. The minimum Gasteiger partial charge on any atom is -0.507 e. The highest BCUT2D eigenvalue weighted by Crippen LogP contribution is 2.23. The number of ether oxygens (including phenoxy) is 1. The minimum atomic E-state index is -3.48. The van der Waals surface area contributed by atoms with Crippen LogP contribution in [-0.4, -0.2) is 37.0 Å². The number of hydrogen-bond acceptors (Lipinski definition) is 5. The molecule has 0 aliphatic heterocycles. The Bertz CT molecular complexity index is 826. The molecule has 2 aromatic carbocycles. The molecule has 2 aromatic rings. The molecule has 2 rings (SSSR count). The highest BCUT2D eigenvalue weighted by Gasteiger charge is 2.15. The van der Waals surface area contributed by atoms with Gasteiger partial charge in [-0.25, -0.2) is 13.2 Å². The summed E-state index contributed by atoms with van der Waals surface area (Å²) in [4.78, 5) is 11.1. The van der Waals surface area contributed by atoms with E-state index in [-0.39, 0.29) is 34.3 Å². The Labute approximate surface area is 133 Å². The van der Waals surface area contributed by atoms with Crippen molar-refractivity contribution in [2.75, 3.05) is 12.4 Å². The zero-order chi connectivity index (χ0) is 17.0. The Kier molecular flexibility index (Phi) is 4.90. The predicted molar refractivity (Wildman–Crippen MR) is 83.8 cm³/mol. The van der Waals surface area contributed by atoms with Crippen molar-refractivity contribution in [3.05, 3.63) is 53.6 Å². The summed E-state index contributed by atoms with van der Waals surface area (Å²) in [6, 6.07) is 10.3. The second-order valence-corrected chi connectivity index (χ2v) is 7.08. The molecule has 0 bridgehead atoms. The van der Waals surface area contributed by atoms with Gasteiger partial charge < -0.3 is 14.9 Å². The topological polar surface area (TPSA) is 101 Å². The van der Waals surface area contributed by atoms with E-state index in [2.05, 4.69) is 0 Å². The molecule has 2 N–H and O–H groups in total. The van der Waals surface area contributed by atoms with Crippen molar-refractivity contribution in [2.24, 2.45) is 0 Å². The van der Waals surface area contributed by atoms with Crippen LogP contribution in [0.5, 0.6) is 11.5 Å². The van der Waals surface area contributed by atoms with Crippen molar-refractivity contribution in [3.8, 4) is 11.5 Å². The van der Waals surface area contributed by atoms with Crippen LogP contribution in [0.3, 0.4) is 0 Å². The average Bonchev–Trinajstić information content (AvgIpc) is 2.48. The first-order valence-corrected chi connectivity index (χ1v) is 8.43. The van der Waals surface area contributed by atoms with Crippen LogP contribution in [0, 0.1) is 6.92 Å². The quantitative estimate of drug-likeness (QED) is 0.839. The molecular formula is C16H16O6S. The van der Waals surface area contributed by atoms with Gasteiger partial charge in [-0.2, -0.15) is 0 Å². The van der Waals surface area contributed by atoms with E-state index < -0.39 is 15.8 Å². The molecular weight excluding hydrogens is 320 g/mol. The number of aromatic carboxylic acids is 1. The number of benzene rings is 2. The maximum absolute atomic E-state index is 12.2. The molecule has 0 fully saturated rings. The molecule has 0 spiro atoms. The third-order valence-electron chi connectivity index (χ3n) is 3.17. The zero-order valence-electron chi connectivity index (χ0n) is 12.4. The third kappa shape index (κ3) is 4.23.